The van der Waals surface area contributed by atoms with Crippen molar-refractivity contribution in [2.45, 2.75) is 13.8 Å². The van der Waals surface area contributed by atoms with Crippen molar-refractivity contribution < 1.29 is 9.53 Å². The van der Waals surface area contributed by atoms with Crippen LogP contribution >= 0.6 is 0 Å². The van der Waals surface area contributed by atoms with Crippen molar-refractivity contribution in [3.8, 4) is 5.75 Å². The molecule has 0 bridgehead atoms. The van der Waals surface area contributed by atoms with E-state index in [1.807, 2.05) is 26.0 Å². The van der Waals surface area contributed by atoms with Gasteiger partial charge in [-0.05, 0) is 38.1 Å². The summed E-state index contributed by atoms with van der Waals surface area (Å²) in [5.41, 5.74) is 2.12. The highest BCUT2D eigenvalue weighted by Gasteiger charge is 2.10. The van der Waals surface area contributed by atoms with E-state index in [1.165, 1.54) is 0 Å². The van der Waals surface area contributed by atoms with Crippen molar-refractivity contribution in [2.75, 3.05) is 6.61 Å². The van der Waals surface area contributed by atoms with Gasteiger partial charge in [-0.15, -0.1) is 0 Å². The summed E-state index contributed by atoms with van der Waals surface area (Å²) < 4.78 is 5.39. The number of carbonyl (C=O) groups excluding carboxylic acids is 1. The van der Waals surface area contributed by atoms with Gasteiger partial charge in [-0.25, -0.2) is 0 Å². The lowest BCUT2D eigenvalue weighted by molar-refractivity contribution is 0.103. The average Bonchev–Trinajstić information content (AvgIpc) is 2.39. The molecule has 0 amide bonds. The summed E-state index contributed by atoms with van der Waals surface area (Å²) in [5.74, 6) is 0.705. The zero-order valence-electron chi connectivity index (χ0n) is 10.5. The van der Waals surface area contributed by atoms with E-state index in [0.717, 1.165) is 5.69 Å². The summed E-state index contributed by atoms with van der Waals surface area (Å²) in [6.45, 7) is 4.38. The van der Waals surface area contributed by atoms with Gasteiger partial charge in [0.2, 0.25) is 0 Å². The van der Waals surface area contributed by atoms with Crippen LogP contribution in [0.25, 0.3) is 0 Å². The van der Waals surface area contributed by atoms with E-state index in [2.05, 4.69) is 4.98 Å². The molecule has 0 aliphatic heterocycles. The van der Waals surface area contributed by atoms with Gasteiger partial charge in [-0.2, -0.15) is 0 Å². The highest BCUT2D eigenvalue weighted by atomic mass is 16.5. The maximum atomic E-state index is 12.3. The second-order valence-corrected chi connectivity index (χ2v) is 3.98. The Balaban J connectivity index is 2.31. The molecule has 1 aromatic heterocycles. The molecule has 1 aromatic carbocycles. The third-order valence-corrected chi connectivity index (χ3v) is 2.57. The number of aryl methyl sites for hydroxylation is 1. The Labute approximate surface area is 106 Å². The maximum absolute atomic E-state index is 12.3. The van der Waals surface area contributed by atoms with Gasteiger partial charge in [0.25, 0.3) is 0 Å². The van der Waals surface area contributed by atoms with E-state index in [0.29, 0.717) is 23.5 Å². The van der Waals surface area contributed by atoms with Crippen LogP contribution in [0.15, 0.2) is 42.6 Å². The number of rotatable bonds is 4. The molecule has 0 aliphatic carbocycles. The fourth-order valence-corrected chi connectivity index (χ4v) is 1.75. The van der Waals surface area contributed by atoms with Crippen LogP contribution in [0.1, 0.15) is 28.5 Å². The average molecular weight is 241 g/mol. The quantitative estimate of drug-likeness (QED) is 0.772. The topological polar surface area (TPSA) is 39.2 Å². The molecular formula is C15H15NO2. The van der Waals surface area contributed by atoms with Crippen LogP contribution in [0, 0.1) is 6.92 Å². The molecule has 0 saturated heterocycles. The number of aromatic nitrogens is 1. The minimum atomic E-state index is -0.0120. The molecule has 0 spiro atoms. The summed E-state index contributed by atoms with van der Waals surface area (Å²) in [4.78, 5) is 16.4. The molecule has 0 radical (unpaired) electrons. The van der Waals surface area contributed by atoms with Crippen molar-refractivity contribution >= 4 is 5.78 Å². The molecule has 2 rings (SSSR count). The second-order valence-electron chi connectivity index (χ2n) is 3.98. The molecule has 0 N–H and O–H groups in total. The number of hydrogen-bond donors (Lipinski definition) is 0. The molecule has 2 aromatic rings. The first kappa shape index (κ1) is 12.3. The van der Waals surface area contributed by atoms with Gasteiger partial charge < -0.3 is 4.74 Å². The number of nitrogens with zero attached hydrogens (tertiary/aromatic N) is 1. The standard InChI is InChI=1S/C15H15NO2/c1-3-18-14-6-4-5-12(10-14)15(17)13-7-8-16-11(2)9-13/h4-10H,3H2,1-2H3. The van der Waals surface area contributed by atoms with Crippen molar-refractivity contribution in [1.29, 1.82) is 0 Å². The predicted octanol–water partition coefficient (Wildman–Crippen LogP) is 3.02. The molecule has 3 heteroatoms. The number of ketones is 1. The lowest BCUT2D eigenvalue weighted by atomic mass is 10.0. The fraction of sp³-hybridized carbons (Fsp3) is 0.200. The van der Waals surface area contributed by atoms with Gasteiger partial charge in [-0.3, -0.25) is 9.78 Å². The number of carbonyl (C=O) groups is 1. The van der Waals surface area contributed by atoms with Crippen LogP contribution in [-0.2, 0) is 0 Å². The van der Waals surface area contributed by atoms with Gasteiger partial charge in [0.15, 0.2) is 5.78 Å². The third kappa shape index (κ3) is 2.74. The van der Waals surface area contributed by atoms with Crippen LogP contribution in [0.4, 0.5) is 0 Å². The molecular weight excluding hydrogens is 226 g/mol. The molecule has 18 heavy (non-hydrogen) atoms. The van der Waals surface area contributed by atoms with E-state index in [-0.39, 0.29) is 5.78 Å². The number of benzene rings is 1. The summed E-state index contributed by atoms with van der Waals surface area (Å²) in [6.07, 6.45) is 1.65. The third-order valence-electron chi connectivity index (χ3n) is 2.57. The first-order chi connectivity index (χ1) is 8.70. The lowest BCUT2D eigenvalue weighted by Crippen LogP contribution is -2.03. The largest absolute Gasteiger partial charge is 0.494 e. The van der Waals surface area contributed by atoms with E-state index in [1.54, 1.807) is 30.5 Å². The van der Waals surface area contributed by atoms with Gasteiger partial charge in [0.1, 0.15) is 5.75 Å². The van der Waals surface area contributed by atoms with Crippen LogP contribution in [0.2, 0.25) is 0 Å². The van der Waals surface area contributed by atoms with Crippen molar-refractivity contribution in [1.82, 2.24) is 4.98 Å². The normalized spacial score (nSPS) is 10.1. The summed E-state index contributed by atoms with van der Waals surface area (Å²) in [7, 11) is 0. The summed E-state index contributed by atoms with van der Waals surface area (Å²) in [5, 5.41) is 0. The zero-order valence-corrected chi connectivity index (χ0v) is 10.5. The van der Waals surface area contributed by atoms with Crippen LogP contribution in [-0.4, -0.2) is 17.4 Å². The first-order valence-corrected chi connectivity index (χ1v) is 5.91. The molecule has 0 aliphatic rings. The molecule has 92 valence electrons. The van der Waals surface area contributed by atoms with Gasteiger partial charge in [0.05, 0.1) is 6.61 Å². The summed E-state index contributed by atoms with van der Waals surface area (Å²) >= 11 is 0. The Bertz CT molecular complexity index is 564. The number of hydrogen-bond acceptors (Lipinski definition) is 3. The highest BCUT2D eigenvalue weighted by molar-refractivity contribution is 6.09. The Kier molecular flexibility index (Phi) is 3.72. The van der Waals surface area contributed by atoms with E-state index >= 15 is 0 Å². The minimum Gasteiger partial charge on any atom is -0.494 e. The van der Waals surface area contributed by atoms with Crippen LogP contribution in [0.5, 0.6) is 5.75 Å². The maximum Gasteiger partial charge on any atom is 0.193 e. The number of ether oxygens (including phenoxy) is 1. The summed E-state index contributed by atoms with van der Waals surface area (Å²) in [6, 6.07) is 10.7. The molecule has 0 atom stereocenters. The van der Waals surface area contributed by atoms with E-state index in [4.69, 9.17) is 4.74 Å². The number of pyridine rings is 1. The van der Waals surface area contributed by atoms with Crippen molar-refractivity contribution in [2.24, 2.45) is 0 Å². The Morgan fingerprint density at radius 1 is 1.22 bits per heavy atom. The van der Waals surface area contributed by atoms with Gasteiger partial charge >= 0.3 is 0 Å². The molecule has 0 fully saturated rings. The highest BCUT2D eigenvalue weighted by Crippen LogP contribution is 2.16. The van der Waals surface area contributed by atoms with Gasteiger partial charge in [0, 0.05) is 23.0 Å². The first-order valence-electron chi connectivity index (χ1n) is 5.91. The van der Waals surface area contributed by atoms with E-state index < -0.39 is 0 Å². The molecule has 0 saturated carbocycles. The van der Waals surface area contributed by atoms with Crippen LogP contribution in [0.3, 0.4) is 0 Å². The Morgan fingerprint density at radius 2 is 2.00 bits per heavy atom. The van der Waals surface area contributed by atoms with Crippen molar-refractivity contribution in [3.63, 3.8) is 0 Å². The molecule has 3 nitrogen and oxygen atoms in total. The Morgan fingerprint density at radius 3 is 2.72 bits per heavy atom. The lowest BCUT2D eigenvalue weighted by Gasteiger charge is -2.06. The zero-order chi connectivity index (χ0) is 13.0. The monoisotopic (exact) mass is 241 g/mol. The molecule has 1 heterocycles. The SMILES string of the molecule is CCOc1cccc(C(=O)c2ccnc(C)c2)c1. The Hall–Kier alpha value is -2.16. The van der Waals surface area contributed by atoms with Crippen molar-refractivity contribution in [3.05, 3.63) is 59.4 Å². The van der Waals surface area contributed by atoms with Crippen LogP contribution < -0.4 is 4.74 Å². The van der Waals surface area contributed by atoms with E-state index in [9.17, 15) is 4.79 Å². The van der Waals surface area contributed by atoms with Gasteiger partial charge in [-0.1, -0.05) is 12.1 Å². The molecule has 0 unspecified atom stereocenters. The second kappa shape index (κ2) is 5.45. The predicted molar refractivity (Wildman–Crippen MR) is 70.0 cm³/mol. The minimum absolute atomic E-state index is 0.0120. The fourth-order valence-electron chi connectivity index (χ4n) is 1.75. The smallest absolute Gasteiger partial charge is 0.193 e.